The van der Waals surface area contributed by atoms with E-state index in [4.69, 9.17) is 14.9 Å². The molecule has 1 aromatic heterocycles. The third kappa shape index (κ3) is 4.44. The Hall–Kier alpha value is -3.09. The number of furan rings is 1. The molecule has 1 heterocycles. The average molecular weight is 315 g/mol. The maximum absolute atomic E-state index is 11.9. The summed E-state index contributed by atoms with van der Waals surface area (Å²) in [5.41, 5.74) is 9.36. The van der Waals surface area contributed by atoms with Gasteiger partial charge in [0.1, 0.15) is 11.5 Å². The largest absolute Gasteiger partial charge is 0.484 e. The molecule has 3 N–H and O–H groups in total. The van der Waals surface area contributed by atoms with Gasteiger partial charge >= 0.3 is 0 Å². The second-order valence-corrected chi connectivity index (χ2v) is 4.81. The molecule has 2 rings (SSSR count). The predicted molar refractivity (Wildman–Crippen MR) is 84.3 cm³/mol. The lowest BCUT2D eigenvalue weighted by Crippen LogP contribution is -2.20. The Bertz CT molecular complexity index is 732. The van der Waals surface area contributed by atoms with Crippen LogP contribution in [0.5, 0.6) is 5.75 Å². The standard InChI is InChI=1S/C16H17N3O4/c1-10(18-19-16(21)14-7-8-22-11(14)2)12-3-5-13(6-4-12)23-9-15(17)20/h3-8H,9H2,1-2H3,(H2,17,20)(H,19,21)/b18-10+. The van der Waals surface area contributed by atoms with Gasteiger partial charge in [-0.15, -0.1) is 0 Å². The molecule has 0 atom stereocenters. The first kappa shape index (κ1) is 16.3. The number of benzene rings is 1. The van der Waals surface area contributed by atoms with E-state index in [1.165, 1.54) is 6.26 Å². The Morgan fingerprint density at radius 2 is 1.96 bits per heavy atom. The molecule has 0 saturated carbocycles. The van der Waals surface area contributed by atoms with Crippen molar-refractivity contribution in [2.75, 3.05) is 6.61 Å². The van der Waals surface area contributed by atoms with Crippen LogP contribution in [0.3, 0.4) is 0 Å². The molecule has 23 heavy (non-hydrogen) atoms. The van der Waals surface area contributed by atoms with Gasteiger partial charge in [0.05, 0.1) is 17.5 Å². The Kier molecular flexibility index (Phi) is 5.14. The molecule has 0 bridgehead atoms. The Balaban J connectivity index is 1.99. The van der Waals surface area contributed by atoms with Gasteiger partial charge in [-0.05, 0) is 49.7 Å². The number of amides is 2. The van der Waals surface area contributed by atoms with Crippen LogP contribution in [0.1, 0.15) is 28.6 Å². The summed E-state index contributed by atoms with van der Waals surface area (Å²) in [5.74, 6) is 0.186. The molecule has 1 aromatic carbocycles. The van der Waals surface area contributed by atoms with Crippen molar-refractivity contribution in [3.05, 3.63) is 53.5 Å². The van der Waals surface area contributed by atoms with Crippen LogP contribution < -0.4 is 15.9 Å². The summed E-state index contributed by atoms with van der Waals surface area (Å²) in [5, 5.41) is 4.06. The Morgan fingerprint density at radius 1 is 1.26 bits per heavy atom. The van der Waals surface area contributed by atoms with E-state index in [0.29, 0.717) is 22.8 Å². The quantitative estimate of drug-likeness (QED) is 0.623. The Morgan fingerprint density at radius 3 is 2.52 bits per heavy atom. The number of hydrogen-bond acceptors (Lipinski definition) is 5. The maximum atomic E-state index is 11.9. The van der Waals surface area contributed by atoms with Gasteiger partial charge in [-0.1, -0.05) is 0 Å². The van der Waals surface area contributed by atoms with E-state index in [-0.39, 0.29) is 12.5 Å². The minimum absolute atomic E-state index is 0.174. The van der Waals surface area contributed by atoms with Crippen molar-refractivity contribution in [2.24, 2.45) is 10.8 Å². The van der Waals surface area contributed by atoms with E-state index in [1.807, 2.05) is 0 Å². The lowest BCUT2D eigenvalue weighted by molar-refractivity contribution is -0.119. The lowest BCUT2D eigenvalue weighted by atomic mass is 10.1. The minimum Gasteiger partial charge on any atom is -0.484 e. The highest BCUT2D eigenvalue weighted by atomic mass is 16.5. The number of hydrazone groups is 1. The molecule has 0 aliphatic heterocycles. The number of carbonyl (C=O) groups is 2. The molecule has 2 aromatic rings. The molecule has 0 aliphatic carbocycles. The molecule has 120 valence electrons. The minimum atomic E-state index is -0.538. The van der Waals surface area contributed by atoms with Crippen LogP contribution >= 0.6 is 0 Å². The second kappa shape index (κ2) is 7.26. The topological polar surface area (TPSA) is 107 Å². The van der Waals surface area contributed by atoms with Gasteiger partial charge < -0.3 is 14.9 Å². The molecular weight excluding hydrogens is 298 g/mol. The van der Waals surface area contributed by atoms with Crippen molar-refractivity contribution in [3.8, 4) is 5.75 Å². The molecule has 0 aliphatic rings. The number of nitrogens with one attached hydrogen (secondary N) is 1. The highest BCUT2D eigenvalue weighted by Gasteiger charge is 2.10. The summed E-state index contributed by atoms with van der Waals surface area (Å²) in [6.07, 6.45) is 1.45. The zero-order valence-electron chi connectivity index (χ0n) is 12.8. The first-order chi connectivity index (χ1) is 11.0. The number of aryl methyl sites for hydroxylation is 1. The van der Waals surface area contributed by atoms with Gasteiger partial charge in [-0.2, -0.15) is 5.10 Å². The number of rotatable bonds is 6. The molecule has 7 nitrogen and oxygen atoms in total. The second-order valence-electron chi connectivity index (χ2n) is 4.81. The maximum Gasteiger partial charge on any atom is 0.274 e. The molecule has 0 unspecified atom stereocenters. The summed E-state index contributed by atoms with van der Waals surface area (Å²) >= 11 is 0. The first-order valence-corrected chi connectivity index (χ1v) is 6.87. The van der Waals surface area contributed by atoms with Crippen LogP contribution in [0.25, 0.3) is 0 Å². The van der Waals surface area contributed by atoms with Gasteiger partial charge in [-0.25, -0.2) is 5.43 Å². The fraction of sp³-hybridized carbons (Fsp3) is 0.188. The SMILES string of the molecule is C/C(=N\NC(=O)c1ccoc1C)c1ccc(OCC(N)=O)cc1. The number of hydrogen-bond donors (Lipinski definition) is 2. The van der Waals surface area contributed by atoms with Crippen molar-refractivity contribution < 1.29 is 18.7 Å². The van der Waals surface area contributed by atoms with E-state index < -0.39 is 5.91 Å². The normalized spacial score (nSPS) is 11.1. The number of carbonyl (C=O) groups excluding carboxylic acids is 2. The fourth-order valence-electron chi connectivity index (χ4n) is 1.83. The van der Waals surface area contributed by atoms with Crippen LogP contribution in [0.4, 0.5) is 0 Å². The zero-order valence-corrected chi connectivity index (χ0v) is 12.8. The highest BCUT2D eigenvalue weighted by Crippen LogP contribution is 2.13. The monoisotopic (exact) mass is 315 g/mol. The molecule has 0 radical (unpaired) electrons. The molecule has 0 saturated heterocycles. The van der Waals surface area contributed by atoms with E-state index in [1.54, 1.807) is 44.2 Å². The lowest BCUT2D eigenvalue weighted by Gasteiger charge is -2.06. The van der Waals surface area contributed by atoms with Gasteiger partial charge in [-0.3, -0.25) is 9.59 Å². The molecular formula is C16H17N3O4. The molecule has 7 heteroatoms. The van der Waals surface area contributed by atoms with E-state index in [9.17, 15) is 9.59 Å². The summed E-state index contributed by atoms with van der Waals surface area (Å²) in [6, 6.07) is 8.51. The third-order valence-corrected chi connectivity index (χ3v) is 3.08. The van der Waals surface area contributed by atoms with E-state index in [2.05, 4.69) is 10.5 Å². The molecule has 2 amide bonds. The van der Waals surface area contributed by atoms with Crippen molar-refractivity contribution in [3.63, 3.8) is 0 Å². The summed E-state index contributed by atoms with van der Waals surface area (Å²) in [6.45, 7) is 3.30. The number of nitrogens with zero attached hydrogens (tertiary/aromatic N) is 1. The Labute approximate surface area is 133 Å². The fourth-order valence-corrected chi connectivity index (χ4v) is 1.83. The first-order valence-electron chi connectivity index (χ1n) is 6.87. The van der Waals surface area contributed by atoms with E-state index in [0.717, 1.165) is 5.56 Å². The van der Waals surface area contributed by atoms with Crippen LogP contribution in [0, 0.1) is 6.92 Å². The summed E-state index contributed by atoms with van der Waals surface area (Å²) in [4.78, 5) is 22.6. The molecule has 0 fully saturated rings. The van der Waals surface area contributed by atoms with E-state index >= 15 is 0 Å². The van der Waals surface area contributed by atoms with Crippen LogP contribution in [0.2, 0.25) is 0 Å². The molecule has 0 spiro atoms. The summed E-state index contributed by atoms with van der Waals surface area (Å²) < 4.78 is 10.2. The van der Waals surface area contributed by atoms with Crippen molar-refractivity contribution in [1.82, 2.24) is 5.43 Å². The zero-order chi connectivity index (χ0) is 16.8. The number of nitrogens with two attached hydrogens (primary N) is 1. The van der Waals surface area contributed by atoms with Crippen molar-refractivity contribution in [2.45, 2.75) is 13.8 Å². The van der Waals surface area contributed by atoms with Crippen LogP contribution in [0.15, 0.2) is 46.1 Å². The predicted octanol–water partition coefficient (Wildman–Crippen LogP) is 1.61. The van der Waals surface area contributed by atoms with Crippen molar-refractivity contribution in [1.29, 1.82) is 0 Å². The third-order valence-electron chi connectivity index (χ3n) is 3.08. The van der Waals surface area contributed by atoms with Gasteiger partial charge in [0.15, 0.2) is 6.61 Å². The van der Waals surface area contributed by atoms with Crippen LogP contribution in [-0.2, 0) is 4.79 Å². The average Bonchev–Trinajstić information content (AvgIpc) is 2.97. The smallest absolute Gasteiger partial charge is 0.274 e. The highest BCUT2D eigenvalue weighted by molar-refractivity contribution is 6.01. The van der Waals surface area contributed by atoms with Crippen LogP contribution in [-0.4, -0.2) is 24.1 Å². The summed E-state index contributed by atoms with van der Waals surface area (Å²) in [7, 11) is 0. The number of primary amides is 1. The van der Waals surface area contributed by atoms with Gasteiger partial charge in [0.25, 0.3) is 11.8 Å². The number of ether oxygens (including phenoxy) is 1. The van der Waals surface area contributed by atoms with Crippen molar-refractivity contribution >= 4 is 17.5 Å². The van der Waals surface area contributed by atoms with Gasteiger partial charge in [0.2, 0.25) is 0 Å². The van der Waals surface area contributed by atoms with Gasteiger partial charge in [0, 0.05) is 0 Å².